The Bertz CT molecular complexity index is 432. The highest BCUT2D eigenvalue weighted by Crippen LogP contribution is 2.27. The van der Waals surface area contributed by atoms with Crippen LogP contribution in [0.5, 0.6) is 5.75 Å². The molecule has 1 heterocycles. The number of ether oxygens (including phenoxy) is 1. The number of likely N-dealkylation sites (N-methyl/N-ethyl adjacent to an activating group) is 1. The van der Waals surface area contributed by atoms with Crippen LogP contribution in [0.4, 0.5) is 0 Å². The second kappa shape index (κ2) is 5.87. The molecule has 0 spiro atoms. The zero-order chi connectivity index (χ0) is 13.0. The minimum atomic E-state index is 0.0360. The lowest BCUT2D eigenvalue weighted by Gasteiger charge is -2.14. The fourth-order valence-corrected chi connectivity index (χ4v) is 2.10. The summed E-state index contributed by atoms with van der Waals surface area (Å²) in [6, 6.07) is 6.40. The van der Waals surface area contributed by atoms with Crippen molar-refractivity contribution in [2.75, 3.05) is 19.7 Å². The van der Waals surface area contributed by atoms with Gasteiger partial charge in [-0.3, -0.25) is 4.79 Å². The normalized spacial score (nSPS) is 14.8. The predicted octanol–water partition coefficient (Wildman–Crippen LogP) is 1.41. The van der Waals surface area contributed by atoms with E-state index < -0.39 is 0 Å². The largest absolute Gasteiger partial charge is 0.493 e. The van der Waals surface area contributed by atoms with Crippen molar-refractivity contribution < 1.29 is 9.53 Å². The number of carbonyl (C=O) groups excluding carboxylic acids is 1. The Morgan fingerprint density at radius 2 is 2.33 bits per heavy atom. The van der Waals surface area contributed by atoms with Gasteiger partial charge < -0.3 is 15.4 Å². The third-order valence-corrected chi connectivity index (χ3v) is 3.16. The van der Waals surface area contributed by atoms with E-state index >= 15 is 0 Å². The van der Waals surface area contributed by atoms with E-state index in [1.54, 1.807) is 0 Å². The quantitative estimate of drug-likeness (QED) is 0.828. The fraction of sp³-hybridized carbons (Fsp3) is 0.500. The second-order valence-corrected chi connectivity index (χ2v) is 4.52. The van der Waals surface area contributed by atoms with E-state index in [4.69, 9.17) is 4.74 Å². The van der Waals surface area contributed by atoms with Gasteiger partial charge in [0.1, 0.15) is 5.75 Å². The summed E-state index contributed by atoms with van der Waals surface area (Å²) in [4.78, 5) is 11.4. The van der Waals surface area contributed by atoms with Crippen molar-refractivity contribution >= 4 is 5.91 Å². The molecule has 0 radical (unpaired) electrons. The molecule has 1 aromatic carbocycles. The van der Waals surface area contributed by atoms with Gasteiger partial charge in [0.2, 0.25) is 5.91 Å². The monoisotopic (exact) mass is 248 g/mol. The maximum atomic E-state index is 11.4. The number of amides is 1. The van der Waals surface area contributed by atoms with Crippen LogP contribution in [0.1, 0.15) is 31.0 Å². The van der Waals surface area contributed by atoms with Crippen LogP contribution >= 0.6 is 0 Å². The first kappa shape index (κ1) is 12.9. The van der Waals surface area contributed by atoms with Gasteiger partial charge in [0.05, 0.1) is 13.2 Å². The molecule has 2 N–H and O–H groups in total. The molecular weight excluding hydrogens is 228 g/mol. The Balaban J connectivity index is 1.92. The van der Waals surface area contributed by atoms with Gasteiger partial charge in [0.25, 0.3) is 0 Å². The molecule has 0 fully saturated rings. The van der Waals surface area contributed by atoms with Gasteiger partial charge in [-0.1, -0.05) is 12.1 Å². The third kappa shape index (κ3) is 3.01. The molecule has 98 valence electrons. The zero-order valence-electron chi connectivity index (χ0n) is 11.0. The molecule has 0 bridgehead atoms. The van der Waals surface area contributed by atoms with E-state index in [1.165, 1.54) is 11.1 Å². The van der Waals surface area contributed by atoms with Gasteiger partial charge in [-0.2, -0.15) is 0 Å². The van der Waals surface area contributed by atoms with Crippen molar-refractivity contribution in [3.63, 3.8) is 0 Å². The third-order valence-electron chi connectivity index (χ3n) is 3.16. The highest BCUT2D eigenvalue weighted by Gasteiger charge is 2.14. The summed E-state index contributed by atoms with van der Waals surface area (Å²) in [6.07, 6.45) is 0.978. The van der Waals surface area contributed by atoms with Gasteiger partial charge in [-0.05, 0) is 31.0 Å². The molecule has 4 nitrogen and oxygen atoms in total. The molecule has 0 saturated heterocycles. The molecule has 1 unspecified atom stereocenters. The number of hydrogen-bond acceptors (Lipinski definition) is 3. The van der Waals surface area contributed by atoms with Gasteiger partial charge in [-0.25, -0.2) is 0 Å². The average Bonchev–Trinajstić information content (AvgIpc) is 2.83. The Labute approximate surface area is 108 Å². The molecule has 18 heavy (non-hydrogen) atoms. The first-order valence-corrected chi connectivity index (χ1v) is 6.46. The first-order chi connectivity index (χ1) is 8.70. The number of fused-ring (bicyclic) bond motifs is 1. The topological polar surface area (TPSA) is 50.4 Å². The maximum absolute atomic E-state index is 11.4. The van der Waals surface area contributed by atoms with Crippen molar-refractivity contribution in [3.05, 3.63) is 29.3 Å². The SMILES string of the molecule is CCNC(=O)CNC(C)c1ccc2c(c1)CCO2. The molecule has 1 aliphatic rings. The van der Waals surface area contributed by atoms with E-state index in [9.17, 15) is 4.79 Å². The summed E-state index contributed by atoms with van der Waals surface area (Å²) in [5.41, 5.74) is 2.46. The molecule has 1 aliphatic heterocycles. The van der Waals surface area contributed by atoms with Crippen LogP contribution in [0, 0.1) is 0 Å². The van der Waals surface area contributed by atoms with Crippen molar-refractivity contribution in [1.82, 2.24) is 10.6 Å². The molecule has 0 saturated carbocycles. The van der Waals surface area contributed by atoms with Crippen molar-refractivity contribution in [1.29, 1.82) is 0 Å². The van der Waals surface area contributed by atoms with Crippen LogP contribution in [0.15, 0.2) is 18.2 Å². The van der Waals surface area contributed by atoms with Gasteiger partial charge in [0.15, 0.2) is 0 Å². The molecule has 1 atom stereocenters. The van der Waals surface area contributed by atoms with Gasteiger partial charge >= 0.3 is 0 Å². The first-order valence-electron chi connectivity index (χ1n) is 6.46. The lowest BCUT2D eigenvalue weighted by molar-refractivity contribution is -0.120. The Kier molecular flexibility index (Phi) is 4.20. The fourth-order valence-electron chi connectivity index (χ4n) is 2.10. The lowest BCUT2D eigenvalue weighted by atomic mass is 10.0. The number of rotatable bonds is 5. The Morgan fingerprint density at radius 1 is 1.50 bits per heavy atom. The summed E-state index contributed by atoms with van der Waals surface area (Å²) in [5, 5.41) is 5.99. The van der Waals surface area contributed by atoms with E-state index in [1.807, 2.05) is 13.0 Å². The number of hydrogen-bond donors (Lipinski definition) is 2. The second-order valence-electron chi connectivity index (χ2n) is 4.52. The minimum absolute atomic E-state index is 0.0360. The minimum Gasteiger partial charge on any atom is -0.493 e. The lowest BCUT2D eigenvalue weighted by Crippen LogP contribution is -2.34. The predicted molar refractivity (Wildman–Crippen MR) is 70.7 cm³/mol. The molecule has 4 heteroatoms. The van der Waals surface area contributed by atoms with Crippen LogP contribution in [0.2, 0.25) is 0 Å². The van der Waals surface area contributed by atoms with E-state index in [-0.39, 0.29) is 11.9 Å². The molecule has 0 aromatic heterocycles. The maximum Gasteiger partial charge on any atom is 0.233 e. The average molecular weight is 248 g/mol. The van der Waals surface area contributed by atoms with E-state index in [0.29, 0.717) is 13.1 Å². The molecule has 2 rings (SSSR count). The van der Waals surface area contributed by atoms with Gasteiger partial charge in [-0.15, -0.1) is 0 Å². The zero-order valence-corrected chi connectivity index (χ0v) is 11.0. The van der Waals surface area contributed by atoms with E-state index in [0.717, 1.165) is 18.8 Å². The molecule has 1 aromatic rings. The summed E-state index contributed by atoms with van der Waals surface area (Å²) >= 11 is 0. The van der Waals surface area contributed by atoms with Crippen LogP contribution in [-0.2, 0) is 11.2 Å². The molecular formula is C14H20N2O2. The Hall–Kier alpha value is -1.55. The van der Waals surface area contributed by atoms with Crippen molar-refractivity contribution in [3.8, 4) is 5.75 Å². The molecule has 1 amide bonds. The Morgan fingerprint density at radius 3 is 3.11 bits per heavy atom. The summed E-state index contributed by atoms with van der Waals surface area (Å²) in [6.45, 7) is 5.78. The van der Waals surface area contributed by atoms with Crippen LogP contribution < -0.4 is 15.4 Å². The van der Waals surface area contributed by atoms with E-state index in [2.05, 4.69) is 29.7 Å². The molecule has 0 aliphatic carbocycles. The van der Waals surface area contributed by atoms with Crippen LogP contribution in [-0.4, -0.2) is 25.6 Å². The van der Waals surface area contributed by atoms with Crippen molar-refractivity contribution in [2.24, 2.45) is 0 Å². The highest BCUT2D eigenvalue weighted by atomic mass is 16.5. The summed E-state index contributed by atoms with van der Waals surface area (Å²) in [7, 11) is 0. The smallest absolute Gasteiger partial charge is 0.233 e. The summed E-state index contributed by atoms with van der Waals surface area (Å²) in [5.74, 6) is 1.03. The van der Waals surface area contributed by atoms with Gasteiger partial charge in [0, 0.05) is 19.0 Å². The van der Waals surface area contributed by atoms with Crippen LogP contribution in [0.3, 0.4) is 0 Å². The standard InChI is InChI=1S/C14H20N2O2/c1-3-15-14(17)9-16-10(2)11-4-5-13-12(8-11)6-7-18-13/h4-5,8,10,16H,3,6-7,9H2,1-2H3,(H,15,17). The summed E-state index contributed by atoms with van der Waals surface area (Å²) < 4.78 is 5.48. The van der Waals surface area contributed by atoms with Crippen LogP contribution in [0.25, 0.3) is 0 Å². The number of nitrogens with one attached hydrogen (secondary N) is 2. The highest BCUT2D eigenvalue weighted by molar-refractivity contribution is 5.77. The number of carbonyl (C=O) groups is 1. The number of benzene rings is 1. The van der Waals surface area contributed by atoms with Crippen molar-refractivity contribution in [2.45, 2.75) is 26.3 Å².